The first-order chi connectivity index (χ1) is 19.9. The fraction of sp³-hybridized carbons (Fsp3) is 0.645. The zero-order valence-electron chi connectivity index (χ0n) is 25.6. The maximum Gasteiger partial charge on any atom is 0.405 e. The molecule has 0 radical (unpaired) electrons. The smallest absolute Gasteiger partial charge is 0.405 e. The highest BCUT2D eigenvalue weighted by Gasteiger charge is 2.51. The molecule has 1 aliphatic heterocycles. The number of ketones is 1. The molecule has 4 N–H and O–H groups in total. The molecule has 12 heteroatoms. The number of alkyl halides is 2. The van der Waals surface area contributed by atoms with Crippen LogP contribution in [0, 0.1) is 17.8 Å². The lowest BCUT2D eigenvalue weighted by Gasteiger charge is -2.36. The SMILES string of the molecule is Cc1ccccc1NC(=O)C(=O)C(CCC(C)(F)F)NC(=O)[C@@H]1CC2(CCCCC2)CN1C(=O)C(NC(=O)O)C(C)(C)C. The number of nitrogens with zero attached hydrogens (tertiary/aromatic N) is 1. The van der Waals surface area contributed by atoms with E-state index in [1.807, 2.05) is 0 Å². The van der Waals surface area contributed by atoms with E-state index in [4.69, 9.17) is 0 Å². The summed E-state index contributed by atoms with van der Waals surface area (Å²) in [5, 5.41) is 16.7. The summed E-state index contributed by atoms with van der Waals surface area (Å²) in [5.41, 5.74) is -0.125. The van der Waals surface area contributed by atoms with Crippen LogP contribution in [-0.2, 0) is 19.2 Å². The number of halogens is 2. The van der Waals surface area contributed by atoms with Gasteiger partial charge in [0.2, 0.25) is 23.5 Å². The van der Waals surface area contributed by atoms with Gasteiger partial charge in [-0.15, -0.1) is 0 Å². The van der Waals surface area contributed by atoms with Crippen LogP contribution in [0.3, 0.4) is 0 Å². The first kappa shape index (κ1) is 33.9. The first-order valence-electron chi connectivity index (χ1n) is 14.8. The van der Waals surface area contributed by atoms with Crippen molar-refractivity contribution < 1.29 is 37.9 Å². The van der Waals surface area contributed by atoms with E-state index in [1.165, 1.54) is 4.90 Å². The van der Waals surface area contributed by atoms with Crippen LogP contribution in [0.2, 0.25) is 0 Å². The topological polar surface area (TPSA) is 145 Å². The molecule has 1 spiro atoms. The molecule has 238 valence electrons. The molecule has 1 saturated carbocycles. The van der Waals surface area contributed by atoms with Gasteiger partial charge in [-0.05, 0) is 62.0 Å². The van der Waals surface area contributed by atoms with Crippen molar-refractivity contribution >= 4 is 35.3 Å². The van der Waals surface area contributed by atoms with Crippen LogP contribution in [-0.4, -0.2) is 70.2 Å². The molecular weight excluding hydrogens is 562 g/mol. The molecule has 1 aromatic carbocycles. The van der Waals surface area contributed by atoms with Gasteiger partial charge in [-0.3, -0.25) is 19.2 Å². The average molecular weight is 607 g/mol. The Bertz CT molecular complexity index is 1220. The number of anilines is 1. The third kappa shape index (κ3) is 8.96. The molecule has 2 fully saturated rings. The summed E-state index contributed by atoms with van der Waals surface area (Å²) < 4.78 is 27.7. The molecule has 3 atom stereocenters. The van der Waals surface area contributed by atoms with E-state index in [0.29, 0.717) is 18.2 Å². The Morgan fingerprint density at radius 3 is 2.21 bits per heavy atom. The van der Waals surface area contributed by atoms with E-state index in [-0.39, 0.29) is 18.4 Å². The standard InChI is InChI=1S/C31H44F2N4O6/c1-19-11-7-8-12-20(19)34-26(40)23(38)21(13-16-30(5,32)33)35-25(39)22-17-31(14-9-6-10-15-31)18-37(22)27(41)24(29(2,3)4)36-28(42)43/h7-8,11-12,21-22,24,36H,6,9-10,13-18H2,1-5H3,(H,34,40)(H,35,39)(H,42,43)/t21?,22-,24?/m0/s1. The van der Waals surface area contributed by atoms with Gasteiger partial charge < -0.3 is 26.0 Å². The molecule has 0 bridgehead atoms. The number of hydrogen-bond acceptors (Lipinski definition) is 5. The van der Waals surface area contributed by atoms with Gasteiger partial charge in [0.05, 0.1) is 6.04 Å². The number of rotatable bonds is 10. The van der Waals surface area contributed by atoms with Crippen LogP contribution >= 0.6 is 0 Å². The molecule has 10 nitrogen and oxygen atoms in total. The van der Waals surface area contributed by atoms with Crippen LogP contribution in [0.4, 0.5) is 19.3 Å². The van der Waals surface area contributed by atoms with Crippen LogP contribution in [0.25, 0.3) is 0 Å². The normalized spacial score (nSPS) is 19.8. The number of carboxylic acid groups (broad SMARTS) is 1. The van der Waals surface area contributed by atoms with Crippen molar-refractivity contribution in [3.8, 4) is 0 Å². The lowest BCUT2D eigenvalue weighted by Crippen LogP contribution is -2.58. The summed E-state index contributed by atoms with van der Waals surface area (Å²) in [4.78, 5) is 66.9. The minimum Gasteiger partial charge on any atom is -0.465 e. The van der Waals surface area contributed by atoms with Crippen molar-refractivity contribution in [3.05, 3.63) is 29.8 Å². The Labute approximate surface area is 251 Å². The van der Waals surface area contributed by atoms with Gasteiger partial charge in [-0.25, -0.2) is 13.6 Å². The van der Waals surface area contributed by atoms with E-state index in [9.17, 15) is 37.9 Å². The van der Waals surface area contributed by atoms with E-state index in [0.717, 1.165) is 32.1 Å². The molecule has 1 heterocycles. The van der Waals surface area contributed by atoms with Gasteiger partial charge in [0.25, 0.3) is 5.91 Å². The van der Waals surface area contributed by atoms with Crippen LogP contribution in [0.5, 0.6) is 0 Å². The van der Waals surface area contributed by atoms with Crippen molar-refractivity contribution in [1.29, 1.82) is 0 Å². The van der Waals surface area contributed by atoms with E-state index < -0.39 is 71.9 Å². The number of nitrogens with one attached hydrogen (secondary N) is 3. The Kier molecular flexibility index (Phi) is 10.6. The molecule has 3 rings (SSSR count). The Balaban J connectivity index is 1.90. The number of carbonyl (C=O) groups excluding carboxylic acids is 4. The maximum absolute atomic E-state index is 13.9. The summed E-state index contributed by atoms with van der Waals surface area (Å²) in [5.74, 6) is -6.59. The molecule has 1 aromatic rings. The molecule has 2 aliphatic rings. The van der Waals surface area contributed by atoms with Crippen molar-refractivity contribution in [1.82, 2.24) is 15.5 Å². The van der Waals surface area contributed by atoms with Crippen molar-refractivity contribution in [3.63, 3.8) is 0 Å². The molecule has 4 amide bonds. The Hall–Kier alpha value is -3.57. The number of amides is 4. The molecular formula is C31H44F2N4O6. The quantitative estimate of drug-likeness (QED) is 0.285. The fourth-order valence-corrected chi connectivity index (χ4v) is 6.11. The van der Waals surface area contributed by atoms with Gasteiger partial charge in [0.1, 0.15) is 12.1 Å². The lowest BCUT2D eigenvalue weighted by molar-refractivity contribution is -0.143. The third-order valence-corrected chi connectivity index (χ3v) is 8.51. The number of benzene rings is 1. The second-order valence-corrected chi connectivity index (χ2v) is 13.3. The summed E-state index contributed by atoms with van der Waals surface area (Å²) in [6, 6.07) is 2.96. The number of hydrogen-bond donors (Lipinski definition) is 4. The predicted octanol–water partition coefficient (Wildman–Crippen LogP) is 4.66. The highest BCUT2D eigenvalue weighted by Crippen LogP contribution is 2.47. The number of carbonyl (C=O) groups is 5. The number of para-hydroxylation sites is 1. The molecule has 1 aliphatic carbocycles. The highest BCUT2D eigenvalue weighted by atomic mass is 19.3. The molecule has 43 heavy (non-hydrogen) atoms. The third-order valence-electron chi connectivity index (χ3n) is 8.51. The molecule has 1 saturated heterocycles. The number of aryl methyl sites for hydroxylation is 1. The number of likely N-dealkylation sites (tertiary alicyclic amines) is 1. The summed E-state index contributed by atoms with van der Waals surface area (Å²) >= 11 is 0. The maximum atomic E-state index is 13.9. The van der Waals surface area contributed by atoms with Gasteiger partial charge in [-0.2, -0.15) is 0 Å². The molecule has 2 unspecified atom stereocenters. The van der Waals surface area contributed by atoms with Gasteiger partial charge in [0, 0.05) is 18.7 Å². The van der Waals surface area contributed by atoms with E-state index in [2.05, 4.69) is 16.0 Å². The summed E-state index contributed by atoms with van der Waals surface area (Å²) in [7, 11) is 0. The zero-order chi connectivity index (χ0) is 32.2. The molecule has 0 aromatic heterocycles. The minimum atomic E-state index is -3.15. The van der Waals surface area contributed by atoms with Gasteiger partial charge in [0.15, 0.2) is 0 Å². The predicted molar refractivity (Wildman–Crippen MR) is 157 cm³/mol. The van der Waals surface area contributed by atoms with Gasteiger partial charge >= 0.3 is 6.09 Å². The summed E-state index contributed by atoms with van der Waals surface area (Å²) in [6.07, 6.45) is 2.05. The number of Topliss-reactive ketones (excluding diaryl/α,β-unsaturated/α-hetero) is 1. The Morgan fingerprint density at radius 1 is 1.02 bits per heavy atom. The minimum absolute atomic E-state index is 0.233. The zero-order valence-corrected chi connectivity index (χ0v) is 25.6. The largest absolute Gasteiger partial charge is 0.465 e. The van der Waals surface area contributed by atoms with Crippen LogP contribution < -0.4 is 16.0 Å². The van der Waals surface area contributed by atoms with Crippen LogP contribution in [0.1, 0.15) is 84.6 Å². The monoisotopic (exact) mass is 606 g/mol. The van der Waals surface area contributed by atoms with E-state index >= 15 is 0 Å². The first-order valence-corrected chi connectivity index (χ1v) is 14.8. The van der Waals surface area contributed by atoms with E-state index in [1.54, 1.807) is 52.0 Å². The second kappa shape index (κ2) is 13.4. The average Bonchev–Trinajstić information content (AvgIpc) is 3.28. The summed E-state index contributed by atoms with van der Waals surface area (Å²) in [6.45, 7) is 7.78. The van der Waals surface area contributed by atoms with Crippen molar-refractivity contribution in [2.75, 3.05) is 11.9 Å². The van der Waals surface area contributed by atoms with Crippen molar-refractivity contribution in [2.24, 2.45) is 10.8 Å². The highest BCUT2D eigenvalue weighted by molar-refractivity contribution is 6.42. The second-order valence-electron chi connectivity index (χ2n) is 13.3. The van der Waals surface area contributed by atoms with Crippen molar-refractivity contribution in [2.45, 2.75) is 110 Å². The Morgan fingerprint density at radius 2 is 1.65 bits per heavy atom. The van der Waals surface area contributed by atoms with Gasteiger partial charge in [-0.1, -0.05) is 58.2 Å². The lowest BCUT2D eigenvalue weighted by atomic mass is 9.72. The van der Waals surface area contributed by atoms with Crippen LogP contribution in [0.15, 0.2) is 24.3 Å². The fourth-order valence-electron chi connectivity index (χ4n) is 6.11.